The van der Waals surface area contributed by atoms with Crippen LogP contribution in [0.2, 0.25) is 0 Å². The third-order valence-corrected chi connectivity index (χ3v) is 3.56. The number of nitrogens with zero attached hydrogens (tertiary/aromatic N) is 2. The molecule has 1 aromatic carbocycles. The van der Waals surface area contributed by atoms with Gasteiger partial charge in [0.15, 0.2) is 11.8 Å². The van der Waals surface area contributed by atoms with E-state index in [9.17, 15) is 19.6 Å². The Morgan fingerprint density at radius 3 is 2.40 bits per heavy atom. The number of amides is 1. The van der Waals surface area contributed by atoms with Crippen LogP contribution in [0.3, 0.4) is 0 Å². The van der Waals surface area contributed by atoms with Crippen LogP contribution in [0.5, 0.6) is 0 Å². The van der Waals surface area contributed by atoms with Crippen molar-refractivity contribution in [2.75, 3.05) is 18.5 Å². The van der Waals surface area contributed by atoms with Gasteiger partial charge in [-0.05, 0) is 45.9 Å². The number of halogens is 1. The van der Waals surface area contributed by atoms with Crippen LogP contribution in [0.1, 0.15) is 52.0 Å². The van der Waals surface area contributed by atoms with E-state index in [1.54, 1.807) is 20.8 Å². The average Bonchev–Trinajstić information content (AvgIpc) is 2.61. The lowest BCUT2D eigenvalue weighted by atomic mass is 10.1. The summed E-state index contributed by atoms with van der Waals surface area (Å²) in [7, 11) is 1.44. The molecule has 1 amide bonds. The van der Waals surface area contributed by atoms with Gasteiger partial charge < -0.3 is 14.2 Å². The summed E-state index contributed by atoms with van der Waals surface area (Å²) in [6.07, 6.45) is -1.89. The van der Waals surface area contributed by atoms with E-state index in [0.29, 0.717) is 5.69 Å². The second-order valence-corrected chi connectivity index (χ2v) is 7.94. The van der Waals surface area contributed by atoms with Crippen LogP contribution < -0.4 is 10.2 Å². The Labute approximate surface area is 180 Å². The van der Waals surface area contributed by atoms with Gasteiger partial charge in [0.05, 0.1) is 23.9 Å². The summed E-state index contributed by atoms with van der Waals surface area (Å²) in [6.45, 7) is 7.57. The van der Waals surface area contributed by atoms with Gasteiger partial charge in [-0.15, -0.1) is 0 Å². The van der Waals surface area contributed by atoms with Gasteiger partial charge in [0.25, 0.3) is 0 Å². The quantitative estimate of drug-likeness (QED) is 0.298. The minimum Gasteiger partial charge on any atom is -0.459 e. The zero-order chi connectivity index (χ0) is 23.1. The Morgan fingerprint density at radius 1 is 1.27 bits per heavy atom. The minimum absolute atomic E-state index is 0.262. The van der Waals surface area contributed by atoms with Gasteiger partial charge in [-0.2, -0.15) is 5.26 Å². The number of alkyl halides is 1. The van der Waals surface area contributed by atoms with E-state index in [1.165, 1.54) is 39.1 Å². The van der Waals surface area contributed by atoms with Crippen LogP contribution in [0.25, 0.3) is 0 Å². The van der Waals surface area contributed by atoms with E-state index < -0.39 is 35.4 Å². The molecular formula is C20H26ClN3O6. The third-order valence-electron chi connectivity index (χ3n) is 3.47. The van der Waals surface area contributed by atoms with Gasteiger partial charge >= 0.3 is 18.0 Å². The number of hydrogen-bond donors (Lipinski definition) is 1. The van der Waals surface area contributed by atoms with Crippen molar-refractivity contribution in [1.29, 1.82) is 5.26 Å². The highest BCUT2D eigenvalue weighted by atomic mass is 35.5. The number of anilines is 1. The third kappa shape index (κ3) is 8.27. The number of nitriles is 1. The van der Waals surface area contributed by atoms with Crippen LogP contribution >= 0.6 is 11.6 Å². The largest absolute Gasteiger partial charge is 0.459 e. The van der Waals surface area contributed by atoms with E-state index in [2.05, 4.69) is 5.32 Å². The number of benzene rings is 1. The first-order valence-corrected chi connectivity index (χ1v) is 9.52. The van der Waals surface area contributed by atoms with Crippen LogP contribution in [0.4, 0.5) is 10.5 Å². The van der Waals surface area contributed by atoms with E-state index >= 15 is 0 Å². The van der Waals surface area contributed by atoms with Crippen molar-refractivity contribution < 1.29 is 28.6 Å². The molecule has 30 heavy (non-hydrogen) atoms. The zero-order valence-electron chi connectivity index (χ0n) is 17.8. The van der Waals surface area contributed by atoms with Crippen LogP contribution in [-0.2, 0) is 23.8 Å². The lowest BCUT2D eigenvalue weighted by Crippen LogP contribution is -2.36. The van der Waals surface area contributed by atoms with Crippen molar-refractivity contribution in [2.45, 2.75) is 52.0 Å². The van der Waals surface area contributed by atoms with Gasteiger partial charge in [-0.1, -0.05) is 11.6 Å². The van der Waals surface area contributed by atoms with E-state index in [1.807, 2.05) is 6.07 Å². The first-order chi connectivity index (χ1) is 13.8. The standard InChI is InChI=1S/C20H26ClN3O6/c1-12(21)28-19(27)24(6)16-8-7-14(10-22)9-15(16)18(29-13(2)25)23-11-17(26)30-20(3,4)5/h7-9,12,18,23H,11H2,1-6H3. The molecule has 164 valence electrons. The second-order valence-electron chi connectivity index (χ2n) is 7.33. The molecule has 0 aliphatic rings. The van der Waals surface area contributed by atoms with Crippen molar-refractivity contribution in [3.63, 3.8) is 0 Å². The molecule has 0 aliphatic heterocycles. The van der Waals surface area contributed by atoms with Gasteiger partial charge in [-0.25, -0.2) is 4.79 Å². The average molecular weight is 440 g/mol. The second kappa shape index (κ2) is 10.8. The molecule has 10 heteroatoms. The first kappa shape index (κ1) is 25.2. The topological polar surface area (TPSA) is 118 Å². The highest BCUT2D eigenvalue weighted by Crippen LogP contribution is 2.29. The van der Waals surface area contributed by atoms with Gasteiger partial charge in [0, 0.05) is 19.5 Å². The molecule has 0 fully saturated rings. The lowest BCUT2D eigenvalue weighted by molar-refractivity contribution is -0.157. The number of ether oxygens (including phenoxy) is 3. The predicted octanol–water partition coefficient (Wildman–Crippen LogP) is 3.21. The van der Waals surface area contributed by atoms with Gasteiger partial charge in [0.1, 0.15) is 5.60 Å². The monoisotopic (exact) mass is 439 g/mol. The normalized spacial score (nSPS) is 12.9. The van der Waals surface area contributed by atoms with Crippen LogP contribution in [-0.4, -0.2) is 42.8 Å². The molecule has 9 nitrogen and oxygen atoms in total. The van der Waals surface area contributed by atoms with Crippen LogP contribution in [0, 0.1) is 11.3 Å². The number of carbonyl (C=O) groups is 3. The van der Waals surface area contributed by atoms with Gasteiger partial charge in [-0.3, -0.25) is 19.8 Å². The number of esters is 2. The minimum atomic E-state index is -1.14. The molecule has 0 saturated carbocycles. The molecule has 1 N–H and O–H groups in total. The Balaban J connectivity index is 3.26. The molecule has 0 bridgehead atoms. The lowest BCUT2D eigenvalue weighted by Gasteiger charge is -2.26. The summed E-state index contributed by atoms with van der Waals surface area (Å²) in [5.74, 6) is -1.20. The molecule has 2 unspecified atom stereocenters. The molecule has 1 rings (SSSR count). The van der Waals surface area contributed by atoms with Crippen molar-refractivity contribution in [3.05, 3.63) is 29.3 Å². The number of nitrogens with one attached hydrogen (secondary N) is 1. The Bertz CT molecular complexity index is 829. The first-order valence-electron chi connectivity index (χ1n) is 9.09. The fourth-order valence-corrected chi connectivity index (χ4v) is 2.47. The number of hydrogen-bond acceptors (Lipinski definition) is 8. The molecule has 2 atom stereocenters. The fourth-order valence-electron chi connectivity index (χ4n) is 2.39. The Morgan fingerprint density at radius 2 is 1.90 bits per heavy atom. The molecule has 0 spiro atoms. The molecule has 0 heterocycles. The van der Waals surface area contributed by atoms with E-state index in [0.717, 1.165) is 4.90 Å². The smallest absolute Gasteiger partial charge is 0.415 e. The van der Waals surface area contributed by atoms with Crippen molar-refractivity contribution >= 4 is 35.3 Å². The summed E-state index contributed by atoms with van der Waals surface area (Å²) in [5, 5.41) is 12.0. The summed E-state index contributed by atoms with van der Waals surface area (Å²) < 4.78 is 15.5. The highest BCUT2D eigenvalue weighted by molar-refractivity contribution is 6.20. The van der Waals surface area contributed by atoms with E-state index in [-0.39, 0.29) is 17.7 Å². The van der Waals surface area contributed by atoms with Crippen molar-refractivity contribution in [1.82, 2.24) is 5.32 Å². The maximum absolute atomic E-state index is 12.3. The molecule has 1 aromatic rings. The van der Waals surface area contributed by atoms with Crippen molar-refractivity contribution in [2.24, 2.45) is 0 Å². The zero-order valence-corrected chi connectivity index (χ0v) is 18.6. The maximum Gasteiger partial charge on any atom is 0.415 e. The SMILES string of the molecule is CC(=O)OC(NCC(=O)OC(C)(C)C)c1cc(C#N)ccc1N(C)C(=O)OC(C)Cl. The van der Waals surface area contributed by atoms with E-state index in [4.69, 9.17) is 25.8 Å². The maximum atomic E-state index is 12.3. The summed E-state index contributed by atoms with van der Waals surface area (Å²) in [6, 6.07) is 6.42. The van der Waals surface area contributed by atoms with Gasteiger partial charge in [0.2, 0.25) is 0 Å². The van der Waals surface area contributed by atoms with Crippen molar-refractivity contribution in [3.8, 4) is 6.07 Å². The predicted molar refractivity (Wildman–Crippen MR) is 110 cm³/mol. The Kier molecular flexibility index (Phi) is 9.08. The fraction of sp³-hybridized carbons (Fsp3) is 0.500. The summed E-state index contributed by atoms with van der Waals surface area (Å²) in [5.41, 5.74) is -0.730. The number of rotatable bonds is 7. The molecule has 0 radical (unpaired) electrons. The molecule has 0 saturated heterocycles. The summed E-state index contributed by atoms with van der Waals surface area (Å²) >= 11 is 5.71. The molecule has 0 aromatic heterocycles. The van der Waals surface area contributed by atoms with Crippen LogP contribution in [0.15, 0.2) is 18.2 Å². The highest BCUT2D eigenvalue weighted by Gasteiger charge is 2.26. The molecule has 0 aliphatic carbocycles. The number of carbonyl (C=O) groups excluding carboxylic acids is 3. The summed E-state index contributed by atoms with van der Waals surface area (Å²) in [4.78, 5) is 37.2. The molecular weight excluding hydrogens is 414 g/mol. The Hall–Kier alpha value is -2.83.